The Morgan fingerprint density at radius 3 is 3.04 bits per heavy atom. The fourth-order valence-electron chi connectivity index (χ4n) is 3.04. The summed E-state index contributed by atoms with van der Waals surface area (Å²) in [5.41, 5.74) is 2.09. The molecular formula is C18H18N4O3S. The van der Waals surface area contributed by atoms with E-state index in [1.807, 2.05) is 0 Å². The number of hydrogen-bond acceptors (Lipinski definition) is 6. The van der Waals surface area contributed by atoms with Crippen LogP contribution in [0.25, 0.3) is 0 Å². The molecule has 1 aromatic heterocycles. The zero-order valence-electron chi connectivity index (χ0n) is 14.2. The lowest BCUT2D eigenvalue weighted by atomic mass is 9.89. The quantitative estimate of drug-likeness (QED) is 0.616. The molecule has 2 N–H and O–H groups in total. The van der Waals surface area contributed by atoms with Gasteiger partial charge < -0.3 is 10.6 Å². The Morgan fingerprint density at radius 2 is 2.31 bits per heavy atom. The maximum absolute atomic E-state index is 12.2. The summed E-state index contributed by atoms with van der Waals surface area (Å²) in [4.78, 5) is 23.7. The molecule has 0 radical (unpaired) electrons. The van der Waals surface area contributed by atoms with Gasteiger partial charge in [0.25, 0.3) is 5.69 Å². The molecule has 1 aliphatic carbocycles. The average Bonchev–Trinajstić information content (AvgIpc) is 2.96. The molecule has 1 atom stereocenters. The van der Waals surface area contributed by atoms with E-state index >= 15 is 0 Å². The molecule has 2 aromatic rings. The maximum atomic E-state index is 12.2. The summed E-state index contributed by atoms with van der Waals surface area (Å²) in [6.45, 7) is 2.15. The maximum Gasteiger partial charge on any atom is 0.271 e. The highest BCUT2D eigenvalue weighted by Crippen LogP contribution is 2.39. The molecule has 1 aliphatic rings. The van der Waals surface area contributed by atoms with Gasteiger partial charge in [0.2, 0.25) is 5.91 Å². The van der Waals surface area contributed by atoms with E-state index in [-0.39, 0.29) is 18.1 Å². The molecule has 1 aromatic carbocycles. The first-order valence-electron chi connectivity index (χ1n) is 8.30. The van der Waals surface area contributed by atoms with Crippen molar-refractivity contribution in [2.45, 2.75) is 26.2 Å². The number of benzene rings is 1. The Morgan fingerprint density at radius 1 is 1.50 bits per heavy atom. The number of nitro benzene ring substituents is 1. The minimum Gasteiger partial charge on any atom is -0.376 e. The molecule has 3 rings (SSSR count). The summed E-state index contributed by atoms with van der Waals surface area (Å²) in [5, 5.41) is 26.5. The molecule has 0 saturated heterocycles. The molecule has 0 fully saturated rings. The predicted molar refractivity (Wildman–Crippen MR) is 100 cm³/mol. The average molecular weight is 370 g/mol. The predicted octanol–water partition coefficient (Wildman–Crippen LogP) is 3.70. The molecular weight excluding hydrogens is 352 g/mol. The number of anilines is 2. The number of nitrogens with zero attached hydrogens (tertiary/aromatic N) is 2. The molecule has 1 amide bonds. The van der Waals surface area contributed by atoms with Crippen molar-refractivity contribution in [3.05, 3.63) is 50.4 Å². The second kappa shape index (κ2) is 7.54. The van der Waals surface area contributed by atoms with Gasteiger partial charge >= 0.3 is 0 Å². The van der Waals surface area contributed by atoms with E-state index in [4.69, 9.17) is 0 Å². The van der Waals surface area contributed by atoms with Crippen LogP contribution in [-0.4, -0.2) is 17.4 Å². The first-order valence-corrected chi connectivity index (χ1v) is 9.12. The highest BCUT2D eigenvalue weighted by atomic mass is 32.1. The van der Waals surface area contributed by atoms with Crippen LogP contribution in [0.5, 0.6) is 0 Å². The number of amides is 1. The third-order valence-electron chi connectivity index (χ3n) is 4.39. The van der Waals surface area contributed by atoms with Crippen molar-refractivity contribution in [3.63, 3.8) is 0 Å². The second-order valence-corrected chi connectivity index (χ2v) is 7.48. The fraction of sp³-hybridized carbons (Fsp3) is 0.333. The van der Waals surface area contributed by atoms with Gasteiger partial charge in [0.1, 0.15) is 11.1 Å². The van der Waals surface area contributed by atoms with Crippen molar-refractivity contribution in [2.75, 3.05) is 17.2 Å². The highest BCUT2D eigenvalue weighted by Gasteiger charge is 2.24. The van der Waals surface area contributed by atoms with E-state index in [9.17, 15) is 20.2 Å². The van der Waals surface area contributed by atoms with Gasteiger partial charge in [-0.15, -0.1) is 11.3 Å². The van der Waals surface area contributed by atoms with Gasteiger partial charge in [0, 0.05) is 22.7 Å². The van der Waals surface area contributed by atoms with Crippen molar-refractivity contribution in [3.8, 4) is 6.07 Å². The second-order valence-electron chi connectivity index (χ2n) is 6.38. The number of thiophene rings is 1. The van der Waals surface area contributed by atoms with Crippen LogP contribution in [0.1, 0.15) is 29.3 Å². The van der Waals surface area contributed by atoms with E-state index < -0.39 is 4.92 Å². The van der Waals surface area contributed by atoms with Crippen LogP contribution in [0.4, 0.5) is 16.4 Å². The molecule has 1 heterocycles. The topological polar surface area (TPSA) is 108 Å². The van der Waals surface area contributed by atoms with Crippen LogP contribution in [0.15, 0.2) is 24.3 Å². The Hall–Kier alpha value is -2.92. The van der Waals surface area contributed by atoms with Gasteiger partial charge in [-0.2, -0.15) is 5.26 Å². The van der Waals surface area contributed by atoms with Crippen molar-refractivity contribution < 1.29 is 9.72 Å². The van der Waals surface area contributed by atoms with E-state index in [1.165, 1.54) is 28.3 Å². The molecule has 0 aliphatic heterocycles. The Kier molecular flexibility index (Phi) is 5.19. The van der Waals surface area contributed by atoms with Crippen LogP contribution >= 0.6 is 11.3 Å². The van der Waals surface area contributed by atoms with Crippen molar-refractivity contribution in [1.29, 1.82) is 5.26 Å². The van der Waals surface area contributed by atoms with E-state index in [2.05, 4.69) is 23.6 Å². The third-order valence-corrected chi connectivity index (χ3v) is 5.56. The molecule has 0 saturated carbocycles. The minimum absolute atomic E-state index is 0.0367. The van der Waals surface area contributed by atoms with Crippen LogP contribution < -0.4 is 10.6 Å². The number of nitriles is 1. The first kappa shape index (κ1) is 17.9. The van der Waals surface area contributed by atoms with Crippen molar-refractivity contribution in [1.82, 2.24) is 0 Å². The Balaban J connectivity index is 1.66. The molecule has 7 nitrogen and oxygen atoms in total. The van der Waals surface area contributed by atoms with Gasteiger partial charge in [-0.25, -0.2) is 0 Å². The number of hydrogen-bond donors (Lipinski definition) is 2. The lowest BCUT2D eigenvalue weighted by Gasteiger charge is -2.17. The zero-order chi connectivity index (χ0) is 18.7. The zero-order valence-corrected chi connectivity index (χ0v) is 15.1. The van der Waals surface area contributed by atoms with Crippen LogP contribution in [0.3, 0.4) is 0 Å². The molecule has 1 unspecified atom stereocenters. The van der Waals surface area contributed by atoms with Crippen LogP contribution in [0, 0.1) is 27.4 Å². The van der Waals surface area contributed by atoms with Crippen molar-refractivity contribution >= 4 is 33.6 Å². The lowest BCUT2D eigenvalue weighted by molar-refractivity contribution is -0.384. The van der Waals surface area contributed by atoms with Crippen LogP contribution in [0.2, 0.25) is 0 Å². The number of non-ortho nitro benzene ring substituents is 1. The van der Waals surface area contributed by atoms with Gasteiger partial charge in [-0.1, -0.05) is 13.0 Å². The van der Waals surface area contributed by atoms with Crippen LogP contribution in [-0.2, 0) is 17.6 Å². The summed E-state index contributed by atoms with van der Waals surface area (Å²) in [7, 11) is 0. The standard InChI is InChI=1S/C18H18N4O3S/c1-11-5-6-14-15(9-19)18(26-16(14)7-11)21-17(23)10-20-12-3-2-4-13(8-12)22(24)25/h2-4,8,11,20H,5-7,10H2,1H3,(H,21,23). The number of carbonyl (C=O) groups is 1. The number of nitrogens with one attached hydrogen (secondary N) is 2. The largest absolute Gasteiger partial charge is 0.376 e. The smallest absolute Gasteiger partial charge is 0.271 e. The Bertz CT molecular complexity index is 900. The summed E-state index contributed by atoms with van der Waals surface area (Å²) < 4.78 is 0. The third kappa shape index (κ3) is 3.83. The van der Waals surface area contributed by atoms with Gasteiger partial charge in [0.15, 0.2) is 0 Å². The number of rotatable bonds is 5. The SMILES string of the molecule is CC1CCc2c(sc(NC(=O)CNc3cccc([N+](=O)[O-])c3)c2C#N)C1. The molecule has 8 heteroatoms. The number of carbonyl (C=O) groups excluding carboxylic acids is 1. The summed E-state index contributed by atoms with van der Waals surface area (Å²) in [5.74, 6) is 0.298. The van der Waals surface area contributed by atoms with Gasteiger partial charge in [-0.05, 0) is 36.8 Å². The molecule has 26 heavy (non-hydrogen) atoms. The van der Waals surface area contributed by atoms with E-state index in [0.717, 1.165) is 24.8 Å². The fourth-order valence-corrected chi connectivity index (χ4v) is 4.42. The normalized spacial score (nSPS) is 15.6. The monoisotopic (exact) mass is 370 g/mol. The summed E-state index contributed by atoms with van der Waals surface area (Å²) in [6.07, 6.45) is 2.87. The molecule has 0 spiro atoms. The molecule has 134 valence electrons. The van der Waals surface area contributed by atoms with Gasteiger partial charge in [0.05, 0.1) is 17.0 Å². The van der Waals surface area contributed by atoms with Crippen molar-refractivity contribution in [2.24, 2.45) is 5.92 Å². The minimum atomic E-state index is -0.485. The highest BCUT2D eigenvalue weighted by molar-refractivity contribution is 7.16. The Labute approximate surface area is 154 Å². The lowest BCUT2D eigenvalue weighted by Crippen LogP contribution is -2.21. The first-order chi connectivity index (χ1) is 12.5. The van der Waals surface area contributed by atoms with E-state index in [0.29, 0.717) is 22.2 Å². The number of fused-ring (bicyclic) bond motifs is 1. The summed E-state index contributed by atoms with van der Waals surface area (Å²) >= 11 is 1.48. The van der Waals surface area contributed by atoms with Gasteiger partial charge in [-0.3, -0.25) is 14.9 Å². The molecule has 0 bridgehead atoms. The van der Waals surface area contributed by atoms with E-state index in [1.54, 1.807) is 12.1 Å². The summed E-state index contributed by atoms with van der Waals surface area (Å²) in [6, 6.07) is 8.20. The number of nitro groups is 1.